The van der Waals surface area contributed by atoms with Gasteiger partial charge in [0.1, 0.15) is 11.3 Å². The molecule has 0 aromatic carbocycles. The van der Waals surface area contributed by atoms with Gasteiger partial charge >= 0.3 is 0 Å². The van der Waals surface area contributed by atoms with Crippen LogP contribution < -0.4 is 5.56 Å². The minimum Gasteiger partial charge on any atom is -0.373 e. The molecule has 2 fully saturated rings. The zero-order chi connectivity index (χ0) is 24.0. The maximum absolute atomic E-state index is 13.9. The highest BCUT2D eigenvalue weighted by Crippen LogP contribution is 2.43. The number of hydrogen-bond donors (Lipinski definition) is 0. The number of hydrogen-bond acceptors (Lipinski definition) is 6. The molecule has 0 radical (unpaired) electrons. The summed E-state index contributed by atoms with van der Waals surface area (Å²) in [6.07, 6.45) is 3.54. The van der Waals surface area contributed by atoms with Crippen LogP contribution in [0.15, 0.2) is 23.1 Å². The van der Waals surface area contributed by atoms with E-state index in [0.29, 0.717) is 42.9 Å². The van der Waals surface area contributed by atoms with E-state index in [4.69, 9.17) is 19.7 Å². The molecule has 2 unspecified atom stereocenters. The highest BCUT2D eigenvalue weighted by molar-refractivity contribution is 5.73. The van der Waals surface area contributed by atoms with Crippen molar-refractivity contribution >= 4 is 11.2 Å². The van der Waals surface area contributed by atoms with E-state index in [2.05, 4.69) is 4.98 Å². The average molecular weight is 470 g/mol. The fourth-order valence-corrected chi connectivity index (χ4v) is 5.00. The third kappa shape index (κ3) is 4.45. The summed E-state index contributed by atoms with van der Waals surface area (Å²) in [5.41, 5.74) is 4.38. The monoisotopic (exact) mass is 469 g/mol. The lowest BCUT2D eigenvalue weighted by atomic mass is 9.84. The Bertz CT molecular complexity index is 1280. The first kappa shape index (κ1) is 23.0. The Morgan fingerprint density at radius 2 is 1.74 bits per heavy atom. The molecule has 3 aromatic heterocycles. The number of rotatable bonds is 3. The van der Waals surface area contributed by atoms with E-state index in [0.717, 1.165) is 29.1 Å². The smallest absolute Gasteiger partial charge is 0.250 e. The Kier molecular flexibility index (Phi) is 5.91. The molecule has 9 heteroatoms. The van der Waals surface area contributed by atoms with Crippen LogP contribution in [0, 0.1) is 13.8 Å². The van der Waals surface area contributed by atoms with Crippen LogP contribution in [0.25, 0.3) is 11.2 Å². The normalized spacial score (nSPS) is 23.3. The fraction of sp³-hybridized carbons (Fsp3) is 0.560. The van der Waals surface area contributed by atoms with Crippen molar-refractivity contribution in [3.8, 4) is 0 Å². The fourth-order valence-electron chi connectivity index (χ4n) is 5.00. The predicted octanol–water partition coefficient (Wildman–Crippen LogP) is 4.66. The molecule has 0 N–H and O–H groups in total. The quantitative estimate of drug-likeness (QED) is 0.555. The molecule has 1 saturated heterocycles. The van der Waals surface area contributed by atoms with Crippen LogP contribution in [-0.4, -0.2) is 37.0 Å². The first-order chi connectivity index (χ1) is 16.2. The minimum absolute atomic E-state index is 0.0348. The highest BCUT2D eigenvalue weighted by Gasteiger charge is 2.37. The van der Waals surface area contributed by atoms with Gasteiger partial charge in [-0.3, -0.25) is 4.79 Å². The van der Waals surface area contributed by atoms with Crippen molar-refractivity contribution in [1.82, 2.24) is 24.5 Å². The summed E-state index contributed by atoms with van der Waals surface area (Å²) in [5.74, 6) is -1.98. The number of ether oxygens (including phenoxy) is 1. The Balaban J connectivity index is 1.52. The summed E-state index contributed by atoms with van der Waals surface area (Å²) >= 11 is 0. The van der Waals surface area contributed by atoms with E-state index in [1.807, 2.05) is 26.1 Å². The van der Waals surface area contributed by atoms with Crippen molar-refractivity contribution in [2.24, 2.45) is 7.05 Å². The molecule has 1 aliphatic heterocycles. The van der Waals surface area contributed by atoms with Crippen LogP contribution in [0.3, 0.4) is 0 Å². The molecule has 7 nitrogen and oxygen atoms in total. The predicted molar refractivity (Wildman–Crippen MR) is 123 cm³/mol. The molecule has 2 atom stereocenters. The Labute approximate surface area is 196 Å². The lowest BCUT2D eigenvalue weighted by molar-refractivity contribution is -0.0384. The first-order valence-corrected chi connectivity index (χ1v) is 11.9. The van der Waals surface area contributed by atoms with E-state index in [1.54, 1.807) is 17.7 Å². The molecule has 0 spiro atoms. The summed E-state index contributed by atoms with van der Waals surface area (Å²) in [7, 11) is 1.72. The Morgan fingerprint density at radius 3 is 2.47 bits per heavy atom. The van der Waals surface area contributed by atoms with Gasteiger partial charge in [0.05, 0.1) is 23.2 Å². The summed E-state index contributed by atoms with van der Waals surface area (Å²) in [6, 6.07) is 3.36. The molecule has 1 saturated carbocycles. The average Bonchev–Trinajstić information content (AvgIpc) is 2.81. The Morgan fingerprint density at radius 1 is 1.00 bits per heavy atom. The van der Waals surface area contributed by atoms with E-state index in [-0.39, 0.29) is 36.3 Å². The molecule has 1 aliphatic carbocycles. The van der Waals surface area contributed by atoms with Gasteiger partial charge in [0.15, 0.2) is 5.65 Å². The van der Waals surface area contributed by atoms with Gasteiger partial charge in [-0.05, 0) is 51.2 Å². The molecule has 3 aromatic rings. The van der Waals surface area contributed by atoms with Gasteiger partial charge in [0.2, 0.25) is 11.5 Å². The lowest BCUT2D eigenvalue weighted by Gasteiger charge is -2.31. The van der Waals surface area contributed by atoms with E-state index in [1.165, 1.54) is 0 Å². The highest BCUT2D eigenvalue weighted by atomic mass is 19.3. The zero-order valence-electron chi connectivity index (χ0n) is 19.7. The summed E-state index contributed by atoms with van der Waals surface area (Å²) in [5, 5.41) is 0. The molecule has 0 bridgehead atoms. The maximum atomic E-state index is 13.9. The SMILES string of the molecule is Cc1nc2nc(C3CCOC(c4ccc(=O)n(C)c4)C3)nc(C3CCC(F)(F)CC3)c2nc1C. The topological polar surface area (TPSA) is 82.8 Å². The molecular weight excluding hydrogens is 440 g/mol. The van der Waals surface area contributed by atoms with Crippen molar-refractivity contribution in [3.63, 3.8) is 0 Å². The van der Waals surface area contributed by atoms with Gasteiger partial charge in [-0.2, -0.15) is 0 Å². The van der Waals surface area contributed by atoms with E-state index >= 15 is 0 Å². The molecule has 180 valence electrons. The third-order valence-electron chi connectivity index (χ3n) is 7.22. The van der Waals surface area contributed by atoms with Crippen LogP contribution in [0.1, 0.15) is 84.9 Å². The second kappa shape index (κ2) is 8.76. The van der Waals surface area contributed by atoms with Crippen LogP contribution in [-0.2, 0) is 11.8 Å². The second-order valence-electron chi connectivity index (χ2n) is 9.66. The number of halogens is 2. The minimum atomic E-state index is -2.61. The van der Waals surface area contributed by atoms with Gasteiger partial charge in [0.25, 0.3) is 0 Å². The van der Waals surface area contributed by atoms with Gasteiger partial charge in [-0.25, -0.2) is 28.7 Å². The van der Waals surface area contributed by atoms with Crippen LogP contribution in [0.5, 0.6) is 0 Å². The van der Waals surface area contributed by atoms with Crippen LogP contribution in [0.2, 0.25) is 0 Å². The summed E-state index contributed by atoms with van der Waals surface area (Å²) < 4.78 is 35.3. The summed E-state index contributed by atoms with van der Waals surface area (Å²) in [4.78, 5) is 30.9. The molecular formula is C25H29F2N5O2. The molecule has 2 aliphatic rings. The molecule has 0 amide bonds. The van der Waals surface area contributed by atoms with Crippen LogP contribution >= 0.6 is 0 Å². The number of aryl methyl sites for hydroxylation is 3. The number of nitrogens with zero attached hydrogens (tertiary/aromatic N) is 5. The molecule has 34 heavy (non-hydrogen) atoms. The van der Waals surface area contributed by atoms with Gasteiger partial charge in [0, 0.05) is 50.6 Å². The zero-order valence-corrected chi connectivity index (χ0v) is 19.7. The van der Waals surface area contributed by atoms with Gasteiger partial charge in [-0.1, -0.05) is 0 Å². The second-order valence-corrected chi connectivity index (χ2v) is 9.66. The number of aromatic nitrogens is 5. The van der Waals surface area contributed by atoms with E-state index in [9.17, 15) is 13.6 Å². The molecule has 5 rings (SSSR count). The first-order valence-electron chi connectivity index (χ1n) is 11.9. The van der Waals surface area contributed by atoms with Crippen molar-refractivity contribution in [2.75, 3.05) is 6.61 Å². The van der Waals surface area contributed by atoms with Crippen LogP contribution in [0.4, 0.5) is 8.78 Å². The van der Waals surface area contributed by atoms with Crippen molar-refractivity contribution in [1.29, 1.82) is 0 Å². The number of fused-ring (bicyclic) bond motifs is 1. The van der Waals surface area contributed by atoms with Crippen molar-refractivity contribution in [2.45, 2.75) is 76.2 Å². The van der Waals surface area contributed by atoms with Gasteiger partial charge in [-0.15, -0.1) is 0 Å². The summed E-state index contributed by atoms with van der Waals surface area (Å²) in [6.45, 7) is 4.34. The molecule has 4 heterocycles. The number of alkyl halides is 2. The third-order valence-corrected chi connectivity index (χ3v) is 7.22. The van der Waals surface area contributed by atoms with E-state index < -0.39 is 5.92 Å². The van der Waals surface area contributed by atoms with Crippen molar-refractivity contribution in [3.05, 3.63) is 57.2 Å². The van der Waals surface area contributed by atoms with Gasteiger partial charge < -0.3 is 9.30 Å². The number of pyridine rings is 1. The Hall–Kier alpha value is -2.81. The largest absolute Gasteiger partial charge is 0.373 e. The van der Waals surface area contributed by atoms with Crippen molar-refractivity contribution < 1.29 is 13.5 Å². The maximum Gasteiger partial charge on any atom is 0.250 e. The lowest BCUT2D eigenvalue weighted by Crippen LogP contribution is -2.26. The standard InChI is InChI=1S/C25H29F2N5O2/c1-14-15(2)29-24-22(28-14)21(16-6-9-25(26,27)10-7-16)30-23(31-24)17-8-11-34-19(12-17)18-4-5-20(33)32(3)13-18/h4-5,13,16-17,19H,6-12H2,1-3H3.